The number of ether oxygens (including phenoxy) is 1. The monoisotopic (exact) mass is 378 g/mol. The maximum Gasteiger partial charge on any atom is 0.133 e. The molecule has 0 radical (unpaired) electrons. The highest BCUT2D eigenvalue weighted by molar-refractivity contribution is 5.81. The molecule has 1 aromatic carbocycles. The Morgan fingerprint density at radius 1 is 1.37 bits per heavy atom. The van der Waals surface area contributed by atoms with Crippen molar-refractivity contribution in [2.24, 2.45) is 5.89 Å². The van der Waals surface area contributed by atoms with Crippen molar-refractivity contribution in [2.45, 2.75) is 103 Å². The molecule has 1 N–H and O–H groups in total. The van der Waals surface area contributed by atoms with Crippen molar-refractivity contribution in [3.8, 4) is 11.5 Å². The number of hydrogen-bond donors (Lipinski definition) is 1. The lowest BCUT2D eigenvalue weighted by atomic mass is 9.66. The molecule has 0 spiro atoms. The highest BCUT2D eigenvalue weighted by atomic mass is 16.5. The number of hydrogen-bond acceptors (Lipinski definition) is 3. The second kappa shape index (κ2) is 7.48. The highest BCUT2D eigenvalue weighted by Gasteiger charge is 2.47. The number of phenolic OH excluding ortho intramolecular Hbond substituents is 1. The van der Waals surface area contributed by atoms with E-state index in [4.69, 9.17) is 10.2 Å². The van der Waals surface area contributed by atoms with Gasteiger partial charge in [0.1, 0.15) is 22.9 Å². The van der Waals surface area contributed by atoms with Crippen LogP contribution in [0, 0.1) is 5.89 Å². The Hall–Kier alpha value is -1.51. The standard InChI is InChI=1S/C24H36O3/c1-6-7-8-9-12-23(2,3)16-13-20(26)22-18-15-17(25)10-11-19(18)24(4,5)27-21(22)14-16/h13-14,18-19,26H,6-12,15H2,1-5H3/t18-,19-/m1/s1/i11D2,13D,14D,18D,19D. The molecule has 3 heteroatoms. The van der Waals surface area contributed by atoms with E-state index in [0.717, 1.165) is 25.7 Å². The summed E-state index contributed by atoms with van der Waals surface area (Å²) < 4.78 is 59.2. The number of rotatable bonds is 6. The van der Waals surface area contributed by atoms with Crippen LogP contribution in [-0.4, -0.2) is 16.5 Å². The van der Waals surface area contributed by atoms with E-state index in [0.29, 0.717) is 12.0 Å². The average molecular weight is 379 g/mol. The molecule has 1 fully saturated rings. The van der Waals surface area contributed by atoms with E-state index in [-0.39, 0.29) is 23.4 Å². The third-order valence-corrected chi connectivity index (χ3v) is 5.68. The fourth-order valence-electron chi connectivity index (χ4n) is 4.05. The van der Waals surface area contributed by atoms with Gasteiger partial charge in [-0.1, -0.05) is 46.5 Å². The molecule has 1 aromatic rings. The van der Waals surface area contributed by atoms with Crippen molar-refractivity contribution >= 4 is 5.78 Å². The van der Waals surface area contributed by atoms with Crippen LogP contribution in [0.15, 0.2) is 12.1 Å². The molecule has 150 valence electrons. The van der Waals surface area contributed by atoms with Gasteiger partial charge in [0.05, 0.1) is 2.74 Å². The van der Waals surface area contributed by atoms with E-state index < -0.39 is 53.6 Å². The van der Waals surface area contributed by atoms with Gasteiger partial charge in [-0.3, -0.25) is 4.79 Å². The van der Waals surface area contributed by atoms with Gasteiger partial charge in [0, 0.05) is 35.7 Å². The van der Waals surface area contributed by atoms with Crippen molar-refractivity contribution in [1.82, 2.24) is 0 Å². The number of benzene rings is 1. The van der Waals surface area contributed by atoms with Crippen LogP contribution in [0.1, 0.15) is 111 Å². The van der Waals surface area contributed by atoms with Gasteiger partial charge in [0.2, 0.25) is 0 Å². The topological polar surface area (TPSA) is 46.5 Å². The minimum atomic E-state index is -2.40. The smallest absolute Gasteiger partial charge is 0.133 e. The molecule has 0 bridgehead atoms. The Labute approximate surface area is 172 Å². The maximum absolute atomic E-state index is 12.5. The summed E-state index contributed by atoms with van der Waals surface area (Å²) in [5.74, 6) is -5.69. The first kappa shape index (κ1) is 13.6. The maximum atomic E-state index is 12.5. The quantitative estimate of drug-likeness (QED) is 0.594. The Bertz CT molecular complexity index is 974. The van der Waals surface area contributed by atoms with Crippen molar-refractivity contribution in [3.05, 3.63) is 23.2 Å². The number of aromatic hydroxyl groups is 1. The molecule has 2 aliphatic rings. The Balaban J connectivity index is 2.27. The SMILES string of the molecule is [2H]c1c(O)c2c(c([2H])c1C(C)(C)CCCCCC)OC(C)(C)[C@]1([2H])C([2H])([2H])CC(=O)C[C@@]21[2H]. The molecular formula is C24H36O3. The molecule has 1 aliphatic heterocycles. The van der Waals surface area contributed by atoms with Crippen LogP contribution < -0.4 is 4.74 Å². The molecule has 2 atom stereocenters. The number of ketones is 1. The summed E-state index contributed by atoms with van der Waals surface area (Å²) in [7, 11) is 0. The van der Waals surface area contributed by atoms with E-state index in [2.05, 4.69) is 6.92 Å². The summed E-state index contributed by atoms with van der Waals surface area (Å²) in [4.78, 5) is 12.5. The average Bonchev–Trinajstić information content (AvgIpc) is 2.66. The minimum Gasteiger partial charge on any atom is -0.508 e. The fraction of sp³-hybridized carbons (Fsp3) is 0.708. The van der Waals surface area contributed by atoms with E-state index >= 15 is 0 Å². The van der Waals surface area contributed by atoms with Crippen molar-refractivity contribution in [1.29, 1.82) is 0 Å². The molecule has 1 aliphatic carbocycles. The molecule has 27 heavy (non-hydrogen) atoms. The van der Waals surface area contributed by atoms with Crippen LogP contribution in [0.3, 0.4) is 0 Å². The van der Waals surface area contributed by atoms with Crippen LogP contribution >= 0.6 is 0 Å². The summed E-state index contributed by atoms with van der Waals surface area (Å²) >= 11 is 0. The zero-order valence-corrected chi connectivity index (χ0v) is 17.2. The lowest BCUT2D eigenvalue weighted by Gasteiger charge is -2.47. The third-order valence-electron chi connectivity index (χ3n) is 5.68. The minimum absolute atomic E-state index is 0.117. The van der Waals surface area contributed by atoms with Gasteiger partial charge in [-0.25, -0.2) is 0 Å². The van der Waals surface area contributed by atoms with Crippen molar-refractivity contribution in [3.63, 3.8) is 0 Å². The van der Waals surface area contributed by atoms with E-state index in [9.17, 15) is 12.6 Å². The van der Waals surface area contributed by atoms with Gasteiger partial charge in [-0.2, -0.15) is 0 Å². The number of unbranched alkanes of at least 4 members (excludes halogenated alkanes) is 3. The van der Waals surface area contributed by atoms with Gasteiger partial charge in [0.25, 0.3) is 0 Å². The Morgan fingerprint density at radius 3 is 2.81 bits per heavy atom. The first-order valence-electron chi connectivity index (χ1n) is 13.1. The molecule has 3 rings (SSSR count). The molecule has 0 amide bonds. The Morgan fingerprint density at radius 2 is 2.11 bits per heavy atom. The number of fused-ring (bicyclic) bond motifs is 3. The molecular weight excluding hydrogens is 336 g/mol. The lowest BCUT2D eigenvalue weighted by molar-refractivity contribution is -0.124. The predicted molar refractivity (Wildman–Crippen MR) is 110 cm³/mol. The van der Waals surface area contributed by atoms with Crippen molar-refractivity contribution < 1.29 is 22.9 Å². The first-order chi connectivity index (χ1) is 15.0. The summed E-state index contributed by atoms with van der Waals surface area (Å²) in [6, 6.07) is -0.441. The van der Waals surface area contributed by atoms with Crippen LogP contribution in [0.5, 0.6) is 11.5 Å². The second-order valence-corrected chi connectivity index (χ2v) is 8.91. The number of Topliss-reactive ketones (excluding diaryl/α,β-unsaturated/α-hetero) is 1. The summed E-state index contributed by atoms with van der Waals surface area (Å²) in [6.45, 7) is 8.95. The van der Waals surface area contributed by atoms with E-state index in [1.54, 1.807) is 0 Å². The van der Waals surface area contributed by atoms with Crippen LogP contribution in [0.4, 0.5) is 0 Å². The van der Waals surface area contributed by atoms with Crippen LogP contribution in [-0.2, 0) is 10.2 Å². The van der Waals surface area contributed by atoms with E-state index in [1.807, 2.05) is 13.8 Å². The van der Waals surface area contributed by atoms with Crippen molar-refractivity contribution in [2.75, 3.05) is 0 Å². The van der Waals surface area contributed by atoms with Gasteiger partial charge in [-0.15, -0.1) is 0 Å². The molecule has 0 saturated heterocycles. The fourth-order valence-corrected chi connectivity index (χ4v) is 4.05. The number of carbonyl (C=O) groups excluding carboxylic acids is 1. The lowest BCUT2D eigenvalue weighted by Crippen LogP contribution is -2.47. The summed E-state index contributed by atoms with van der Waals surface area (Å²) in [5.41, 5.74) is -2.17. The number of carbonyl (C=O) groups is 1. The van der Waals surface area contributed by atoms with Gasteiger partial charge in [0.15, 0.2) is 0 Å². The molecule has 0 aromatic heterocycles. The predicted octanol–water partition coefficient (Wildman–Crippen LogP) is 6.26. The van der Waals surface area contributed by atoms with E-state index in [1.165, 1.54) is 13.8 Å². The van der Waals surface area contributed by atoms with Gasteiger partial charge < -0.3 is 9.84 Å². The van der Waals surface area contributed by atoms with Crippen LogP contribution in [0.2, 0.25) is 0 Å². The third kappa shape index (κ3) is 4.02. The summed E-state index contributed by atoms with van der Waals surface area (Å²) in [6.07, 6.45) is 1.38. The summed E-state index contributed by atoms with van der Waals surface area (Å²) in [5, 5.41) is 11.2. The zero-order valence-electron chi connectivity index (χ0n) is 23.2. The second-order valence-electron chi connectivity index (χ2n) is 8.91. The zero-order chi connectivity index (χ0) is 25.2. The molecule has 1 heterocycles. The number of phenols is 1. The van der Waals surface area contributed by atoms with Crippen LogP contribution in [0.25, 0.3) is 0 Å². The largest absolute Gasteiger partial charge is 0.508 e. The van der Waals surface area contributed by atoms with Gasteiger partial charge >= 0.3 is 0 Å². The first-order valence-corrected chi connectivity index (χ1v) is 10.1. The Kier molecular flexibility index (Phi) is 3.78. The molecule has 0 unspecified atom stereocenters. The molecule has 1 saturated carbocycles. The van der Waals surface area contributed by atoms with Gasteiger partial charge in [-0.05, 0) is 49.7 Å². The normalized spacial score (nSPS) is 34.6. The molecule has 3 nitrogen and oxygen atoms in total. The highest BCUT2D eigenvalue weighted by Crippen LogP contribution is 2.54.